The maximum atomic E-state index is 12.7. The van der Waals surface area contributed by atoms with Crippen molar-refractivity contribution in [1.82, 2.24) is 15.3 Å². The van der Waals surface area contributed by atoms with Gasteiger partial charge in [-0.25, -0.2) is 0 Å². The summed E-state index contributed by atoms with van der Waals surface area (Å²) in [7, 11) is 0. The first-order valence-corrected chi connectivity index (χ1v) is 9.35. The van der Waals surface area contributed by atoms with Crippen molar-refractivity contribution in [1.29, 1.82) is 0 Å². The highest BCUT2D eigenvalue weighted by Gasteiger charge is 2.35. The number of amides is 2. The summed E-state index contributed by atoms with van der Waals surface area (Å²) in [6, 6.07) is 13.3. The molecule has 0 unspecified atom stereocenters. The van der Waals surface area contributed by atoms with Crippen LogP contribution in [0.4, 0.5) is 0 Å². The van der Waals surface area contributed by atoms with Gasteiger partial charge in [0.15, 0.2) is 0 Å². The van der Waals surface area contributed by atoms with Crippen molar-refractivity contribution in [2.24, 2.45) is 0 Å². The molecule has 5 rings (SSSR count). The zero-order valence-electron chi connectivity index (χ0n) is 13.7. The molecule has 3 N–H and O–H groups in total. The number of imide groups is 1. The molecule has 0 atom stereocenters. The van der Waals surface area contributed by atoms with Crippen LogP contribution in [-0.4, -0.2) is 21.8 Å². The number of carbonyl (C=O) groups is 2. The van der Waals surface area contributed by atoms with E-state index >= 15 is 0 Å². The van der Waals surface area contributed by atoms with Crippen molar-refractivity contribution in [2.45, 2.75) is 0 Å². The smallest absolute Gasteiger partial charge is 0.259 e. The van der Waals surface area contributed by atoms with Crippen molar-refractivity contribution >= 4 is 72.3 Å². The molecule has 27 heavy (non-hydrogen) atoms. The molecule has 0 bridgehead atoms. The molecule has 132 valence electrons. The predicted octanol–water partition coefficient (Wildman–Crippen LogP) is 4.63. The van der Waals surface area contributed by atoms with Gasteiger partial charge in [-0.3, -0.25) is 14.9 Å². The molecule has 1 aliphatic rings. The van der Waals surface area contributed by atoms with E-state index in [9.17, 15) is 9.59 Å². The van der Waals surface area contributed by atoms with Crippen LogP contribution in [0.3, 0.4) is 0 Å². The summed E-state index contributed by atoms with van der Waals surface area (Å²) in [6.07, 6.45) is 1.75. The van der Waals surface area contributed by atoms with Crippen LogP contribution in [0.2, 0.25) is 5.15 Å². The van der Waals surface area contributed by atoms with Crippen LogP contribution < -0.4 is 5.32 Å². The van der Waals surface area contributed by atoms with Crippen molar-refractivity contribution in [3.8, 4) is 0 Å². The van der Waals surface area contributed by atoms with Crippen LogP contribution in [0.5, 0.6) is 0 Å². The van der Waals surface area contributed by atoms with E-state index in [1.165, 1.54) is 0 Å². The molecule has 4 aromatic rings. The van der Waals surface area contributed by atoms with Crippen LogP contribution >= 0.6 is 27.5 Å². The number of hydrogen-bond donors (Lipinski definition) is 3. The van der Waals surface area contributed by atoms with Gasteiger partial charge in [-0.15, -0.1) is 0 Å². The van der Waals surface area contributed by atoms with E-state index in [4.69, 9.17) is 11.6 Å². The Morgan fingerprint density at radius 3 is 2.52 bits per heavy atom. The number of hydrogen-bond acceptors (Lipinski definition) is 2. The number of halogens is 2. The van der Waals surface area contributed by atoms with Gasteiger partial charge in [0.25, 0.3) is 11.8 Å². The third kappa shape index (κ3) is 2.37. The molecule has 0 aliphatic carbocycles. The van der Waals surface area contributed by atoms with E-state index in [1.807, 2.05) is 42.5 Å². The lowest BCUT2D eigenvalue weighted by atomic mass is 9.95. The van der Waals surface area contributed by atoms with Crippen molar-refractivity contribution in [3.63, 3.8) is 0 Å². The molecular formula is C20H11BrClN3O2. The lowest BCUT2D eigenvalue weighted by Gasteiger charge is -2.04. The highest BCUT2D eigenvalue weighted by Crippen LogP contribution is 2.41. The van der Waals surface area contributed by atoms with Gasteiger partial charge < -0.3 is 9.97 Å². The summed E-state index contributed by atoms with van der Waals surface area (Å²) in [5.41, 5.74) is 3.47. The Kier molecular flexibility index (Phi) is 3.54. The van der Waals surface area contributed by atoms with E-state index in [0.717, 1.165) is 26.3 Å². The number of rotatable bonds is 2. The number of aromatic amines is 2. The number of fused-ring (bicyclic) bond motifs is 2. The molecule has 2 aromatic carbocycles. The highest BCUT2D eigenvalue weighted by molar-refractivity contribution is 9.10. The number of benzene rings is 2. The van der Waals surface area contributed by atoms with Crippen LogP contribution in [0.15, 0.2) is 53.1 Å². The van der Waals surface area contributed by atoms with Gasteiger partial charge in [0.1, 0.15) is 5.15 Å². The van der Waals surface area contributed by atoms with Gasteiger partial charge in [-0.05, 0) is 24.3 Å². The zero-order chi connectivity index (χ0) is 18.7. The maximum Gasteiger partial charge on any atom is 0.259 e. The van der Waals surface area contributed by atoms with Gasteiger partial charge in [0.05, 0.1) is 11.1 Å². The third-order valence-electron chi connectivity index (χ3n) is 4.75. The summed E-state index contributed by atoms with van der Waals surface area (Å²) in [5, 5.41) is 4.37. The molecule has 0 saturated heterocycles. The van der Waals surface area contributed by atoms with Gasteiger partial charge in [0, 0.05) is 43.6 Å². The number of carbonyl (C=O) groups excluding carboxylic acids is 2. The lowest BCUT2D eigenvalue weighted by molar-refractivity contribution is -0.122. The third-order valence-corrected chi connectivity index (χ3v) is 5.53. The first-order chi connectivity index (χ1) is 13.0. The van der Waals surface area contributed by atoms with Gasteiger partial charge >= 0.3 is 0 Å². The van der Waals surface area contributed by atoms with Crippen LogP contribution in [0, 0.1) is 0 Å². The molecule has 2 amide bonds. The Bertz CT molecular complexity index is 1320. The monoisotopic (exact) mass is 439 g/mol. The molecule has 7 heteroatoms. The van der Waals surface area contributed by atoms with Gasteiger partial charge in [0.2, 0.25) is 0 Å². The van der Waals surface area contributed by atoms with E-state index in [1.54, 1.807) is 6.20 Å². The Balaban J connectivity index is 1.88. The van der Waals surface area contributed by atoms with Gasteiger partial charge in [-0.2, -0.15) is 0 Å². The standard InChI is InChI=1S/C20H11BrClN3O2/c21-9-5-6-14-11(7-9)15(18(22)24-14)17-16(19(26)25-20(17)27)12-8-23-13-4-2-1-3-10(12)13/h1-8,23-24H,(H,25,26,27). The molecule has 1 aliphatic heterocycles. The number of nitrogens with one attached hydrogen (secondary N) is 3. The average Bonchev–Trinajstić information content (AvgIpc) is 3.27. The summed E-state index contributed by atoms with van der Waals surface area (Å²) >= 11 is 9.91. The average molecular weight is 441 g/mol. The van der Waals surface area contributed by atoms with E-state index in [-0.39, 0.29) is 5.57 Å². The summed E-state index contributed by atoms with van der Waals surface area (Å²) in [6.45, 7) is 0. The maximum absolute atomic E-state index is 12.7. The fraction of sp³-hybridized carbons (Fsp3) is 0. The molecule has 0 saturated carbocycles. The topological polar surface area (TPSA) is 77.8 Å². The first-order valence-electron chi connectivity index (χ1n) is 8.18. The normalized spacial score (nSPS) is 14.6. The lowest BCUT2D eigenvalue weighted by Crippen LogP contribution is -2.22. The van der Waals surface area contributed by atoms with Crippen molar-refractivity contribution in [3.05, 3.63) is 69.4 Å². The molecule has 3 heterocycles. The molecule has 0 radical (unpaired) electrons. The molecule has 2 aromatic heterocycles. The van der Waals surface area contributed by atoms with Crippen LogP contribution in [0.1, 0.15) is 11.1 Å². The predicted molar refractivity (Wildman–Crippen MR) is 109 cm³/mol. The van der Waals surface area contributed by atoms with Crippen LogP contribution in [-0.2, 0) is 9.59 Å². The Labute approximate surface area is 166 Å². The van der Waals surface area contributed by atoms with Crippen molar-refractivity contribution in [2.75, 3.05) is 0 Å². The first kappa shape index (κ1) is 16.4. The van der Waals surface area contributed by atoms with Crippen molar-refractivity contribution < 1.29 is 9.59 Å². The fourth-order valence-corrected chi connectivity index (χ4v) is 4.26. The highest BCUT2D eigenvalue weighted by atomic mass is 79.9. The van der Waals surface area contributed by atoms with E-state index < -0.39 is 11.8 Å². The van der Waals surface area contributed by atoms with E-state index in [0.29, 0.717) is 21.9 Å². The molecule has 0 fully saturated rings. The minimum atomic E-state index is -0.456. The second-order valence-electron chi connectivity index (χ2n) is 6.29. The second-order valence-corrected chi connectivity index (χ2v) is 7.58. The fourth-order valence-electron chi connectivity index (χ4n) is 3.60. The minimum absolute atomic E-state index is 0.277. The summed E-state index contributed by atoms with van der Waals surface area (Å²) in [4.78, 5) is 31.6. The quantitative estimate of drug-likeness (QED) is 0.397. The van der Waals surface area contributed by atoms with E-state index in [2.05, 4.69) is 31.2 Å². The Hall–Kier alpha value is -2.83. The molecular weight excluding hydrogens is 430 g/mol. The minimum Gasteiger partial charge on any atom is -0.361 e. The van der Waals surface area contributed by atoms with Crippen LogP contribution in [0.25, 0.3) is 33.0 Å². The summed E-state index contributed by atoms with van der Waals surface area (Å²) < 4.78 is 0.853. The molecule has 5 nitrogen and oxygen atoms in total. The Morgan fingerprint density at radius 2 is 1.67 bits per heavy atom. The number of H-pyrrole nitrogens is 2. The Morgan fingerprint density at radius 1 is 0.889 bits per heavy atom. The second kappa shape index (κ2) is 5.84. The summed E-state index contributed by atoms with van der Waals surface area (Å²) in [5.74, 6) is -0.886. The largest absolute Gasteiger partial charge is 0.361 e. The zero-order valence-corrected chi connectivity index (χ0v) is 16.0. The number of para-hydroxylation sites is 1. The van der Waals surface area contributed by atoms with Gasteiger partial charge in [-0.1, -0.05) is 45.7 Å². The number of aromatic nitrogens is 2. The SMILES string of the molecule is O=C1NC(=O)C(c2c(Cl)[nH]c3ccc(Br)cc23)=C1c1c[nH]c2ccccc12. The molecule has 0 spiro atoms.